The monoisotopic (exact) mass is 310 g/mol. The maximum absolute atomic E-state index is 11.8. The molecule has 23 heavy (non-hydrogen) atoms. The van der Waals surface area contributed by atoms with E-state index < -0.39 is 0 Å². The molecule has 0 bridgehead atoms. The number of oxazole rings is 1. The van der Waals surface area contributed by atoms with E-state index in [9.17, 15) is 4.79 Å². The van der Waals surface area contributed by atoms with Crippen molar-refractivity contribution in [3.05, 3.63) is 64.0 Å². The second kappa shape index (κ2) is 5.55. The summed E-state index contributed by atoms with van der Waals surface area (Å²) in [6.45, 7) is 2.21. The topological polar surface area (TPSA) is 67.1 Å². The third-order valence-corrected chi connectivity index (χ3v) is 4.32. The Balaban J connectivity index is 1.51. The van der Waals surface area contributed by atoms with Crippen molar-refractivity contribution in [3.63, 3.8) is 0 Å². The highest BCUT2D eigenvalue weighted by molar-refractivity contribution is 5.55. The van der Waals surface area contributed by atoms with E-state index in [0.717, 1.165) is 42.1 Å². The third kappa shape index (κ3) is 2.61. The van der Waals surface area contributed by atoms with Crippen molar-refractivity contribution in [2.24, 2.45) is 7.05 Å². The number of nitrogens with zero attached hydrogens (tertiary/aromatic N) is 3. The summed E-state index contributed by atoms with van der Waals surface area (Å²) in [5.74, 6) is 1.49. The van der Waals surface area contributed by atoms with Gasteiger partial charge in [-0.2, -0.15) is 0 Å². The minimum atomic E-state index is 0.0321. The van der Waals surface area contributed by atoms with E-state index in [-0.39, 0.29) is 5.56 Å². The highest BCUT2D eigenvalue weighted by Gasteiger charge is 2.23. The summed E-state index contributed by atoms with van der Waals surface area (Å²) in [4.78, 5) is 18.4. The normalized spacial score (nSPS) is 14.8. The average molecular weight is 310 g/mol. The summed E-state index contributed by atoms with van der Waals surface area (Å²) in [6.07, 6.45) is 2.53. The van der Waals surface area contributed by atoms with Crippen LogP contribution in [0.1, 0.15) is 17.1 Å². The minimum absolute atomic E-state index is 0.0321. The quantitative estimate of drug-likeness (QED) is 0.802. The van der Waals surface area contributed by atoms with Gasteiger partial charge in [0.1, 0.15) is 0 Å². The highest BCUT2D eigenvalue weighted by Crippen LogP contribution is 2.22. The zero-order valence-corrected chi connectivity index (χ0v) is 13.0. The Bertz CT molecular complexity index is 876. The van der Waals surface area contributed by atoms with E-state index in [1.165, 1.54) is 0 Å². The zero-order chi connectivity index (χ0) is 15.8. The van der Waals surface area contributed by atoms with Crippen LogP contribution in [0.3, 0.4) is 0 Å². The predicted octanol–water partition coefficient (Wildman–Crippen LogP) is 1.93. The van der Waals surface area contributed by atoms with Crippen LogP contribution in [0.15, 0.2) is 45.7 Å². The summed E-state index contributed by atoms with van der Waals surface area (Å²) in [6, 6.07) is 9.96. The molecule has 0 unspecified atom stereocenters. The van der Waals surface area contributed by atoms with Crippen LogP contribution in [-0.2, 0) is 26.6 Å². The minimum Gasteiger partial charge on any atom is -0.439 e. The predicted molar refractivity (Wildman–Crippen MR) is 85.8 cm³/mol. The second-order valence-electron chi connectivity index (χ2n) is 5.87. The Morgan fingerprint density at radius 1 is 1.30 bits per heavy atom. The van der Waals surface area contributed by atoms with Crippen LogP contribution in [0.4, 0.5) is 0 Å². The van der Waals surface area contributed by atoms with E-state index in [1.54, 1.807) is 6.20 Å². The van der Waals surface area contributed by atoms with Gasteiger partial charge < -0.3 is 4.42 Å². The molecule has 1 N–H and O–H groups in total. The van der Waals surface area contributed by atoms with Gasteiger partial charge in [-0.25, -0.2) is 4.98 Å². The van der Waals surface area contributed by atoms with Crippen molar-refractivity contribution in [1.82, 2.24) is 19.7 Å². The smallest absolute Gasteiger partial charge is 0.267 e. The number of aryl methyl sites for hydroxylation is 1. The first-order chi connectivity index (χ1) is 11.2. The molecule has 0 aliphatic carbocycles. The van der Waals surface area contributed by atoms with Crippen molar-refractivity contribution in [2.45, 2.75) is 19.5 Å². The molecule has 3 heterocycles. The van der Waals surface area contributed by atoms with Crippen molar-refractivity contribution >= 4 is 0 Å². The van der Waals surface area contributed by atoms with Crippen molar-refractivity contribution in [3.8, 4) is 11.3 Å². The number of H-pyrrole nitrogens is 1. The molecular formula is C17H18N4O2. The number of aromatic amines is 1. The van der Waals surface area contributed by atoms with Crippen LogP contribution in [0.25, 0.3) is 11.3 Å². The number of benzene rings is 1. The molecule has 0 fully saturated rings. The lowest BCUT2D eigenvalue weighted by atomic mass is 10.1. The van der Waals surface area contributed by atoms with E-state index >= 15 is 0 Å². The number of hydrogen-bond acceptors (Lipinski definition) is 4. The Morgan fingerprint density at radius 3 is 2.96 bits per heavy atom. The van der Waals surface area contributed by atoms with Gasteiger partial charge in [-0.05, 0) is 6.42 Å². The number of nitrogens with one attached hydrogen (secondary N) is 1. The maximum Gasteiger partial charge on any atom is 0.267 e. The Hall–Kier alpha value is -2.60. The molecule has 0 radical (unpaired) electrons. The van der Waals surface area contributed by atoms with Gasteiger partial charge in [0.25, 0.3) is 5.56 Å². The molecule has 0 saturated heterocycles. The summed E-state index contributed by atoms with van der Waals surface area (Å²) in [5, 5.41) is 2.82. The molecule has 0 spiro atoms. The van der Waals surface area contributed by atoms with Crippen LogP contribution >= 0.6 is 0 Å². The first kappa shape index (κ1) is 14.0. The molecule has 3 aromatic rings. The summed E-state index contributed by atoms with van der Waals surface area (Å²) in [5.41, 5.74) is 3.02. The van der Waals surface area contributed by atoms with Crippen LogP contribution in [-0.4, -0.2) is 26.2 Å². The van der Waals surface area contributed by atoms with Crippen molar-refractivity contribution in [1.29, 1.82) is 0 Å². The van der Waals surface area contributed by atoms with Crippen LogP contribution < -0.4 is 5.56 Å². The molecule has 1 aliphatic heterocycles. The van der Waals surface area contributed by atoms with Gasteiger partial charge in [-0.3, -0.25) is 19.5 Å². The largest absolute Gasteiger partial charge is 0.439 e. The van der Waals surface area contributed by atoms with E-state index in [0.29, 0.717) is 12.4 Å². The van der Waals surface area contributed by atoms with E-state index in [1.807, 2.05) is 42.1 Å². The first-order valence-electron chi connectivity index (χ1n) is 7.70. The number of aromatic nitrogens is 3. The third-order valence-electron chi connectivity index (χ3n) is 4.32. The van der Waals surface area contributed by atoms with Gasteiger partial charge >= 0.3 is 0 Å². The lowest BCUT2D eigenvalue weighted by Crippen LogP contribution is -2.32. The zero-order valence-electron chi connectivity index (χ0n) is 13.0. The molecule has 0 atom stereocenters. The molecule has 1 aliphatic rings. The van der Waals surface area contributed by atoms with Gasteiger partial charge in [0.2, 0.25) is 5.89 Å². The molecule has 0 saturated carbocycles. The van der Waals surface area contributed by atoms with Gasteiger partial charge in [-0.1, -0.05) is 30.3 Å². The number of hydrogen-bond donors (Lipinski definition) is 1. The standard InChI is InChI=1S/C17H18N4O2/c1-20-14-10-21(8-7-13(14)17(22)19-20)11-16-18-9-15(23-16)12-5-3-2-4-6-12/h2-6,9H,7-8,10-11H2,1H3,(H,19,22). The maximum atomic E-state index is 11.8. The van der Waals surface area contributed by atoms with Crippen LogP contribution in [0, 0.1) is 0 Å². The van der Waals surface area contributed by atoms with E-state index in [4.69, 9.17) is 4.42 Å². The molecule has 1 aromatic carbocycles. The summed E-state index contributed by atoms with van der Waals surface area (Å²) >= 11 is 0. The molecule has 4 rings (SSSR count). The molecule has 2 aromatic heterocycles. The molecule has 6 nitrogen and oxygen atoms in total. The fraction of sp³-hybridized carbons (Fsp3) is 0.294. The Morgan fingerprint density at radius 2 is 2.13 bits per heavy atom. The van der Waals surface area contributed by atoms with Crippen LogP contribution in [0.5, 0.6) is 0 Å². The highest BCUT2D eigenvalue weighted by atomic mass is 16.4. The van der Waals surface area contributed by atoms with Crippen molar-refractivity contribution < 1.29 is 4.42 Å². The van der Waals surface area contributed by atoms with Crippen molar-refractivity contribution in [2.75, 3.05) is 6.54 Å². The molecular weight excluding hydrogens is 292 g/mol. The fourth-order valence-electron chi connectivity index (χ4n) is 3.09. The number of rotatable bonds is 3. The molecule has 0 amide bonds. The Labute approximate surface area is 133 Å². The lowest BCUT2D eigenvalue weighted by Gasteiger charge is -2.25. The average Bonchev–Trinajstić information content (AvgIpc) is 3.14. The number of fused-ring (bicyclic) bond motifs is 1. The van der Waals surface area contributed by atoms with E-state index in [2.05, 4.69) is 15.0 Å². The van der Waals surface area contributed by atoms with Gasteiger partial charge in [0.05, 0.1) is 18.4 Å². The summed E-state index contributed by atoms with van der Waals surface area (Å²) in [7, 11) is 1.88. The Kier molecular flexibility index (Phi) is 3.38. The second-order valence-corrected chi connectivity index (χ2v) is 5.87. The fourth-order valence-corrected chi connectivity index (χ4v) is 3.09. The SMILES string of the molecule is Cn1[nH]c(=O)c2c1CN(Cc1ncc(-c3ccccc3)o1)CC2. The molecule has 118 valence electrons. The van der Waals surface area contributed by atoms with Gasteiger partial charge in [0, 0.05) is 31.3 Å². The van der Waals surface area contributed by atoms with Gasteiger partial charge in [0.15, 0.2) is 5.76 Å². The molecule has 6 heteroatoms. The van der Waals surface area contributed by atoms with Crippen LogP contribution in [0.2, 0.25) is 0 Å². The summed E-state index contributed by atoms with van der Waals surface area (Å²) < 4.78 is 7.68. The first-order valence-corrected chi connectivity index (χ1v) is 7.70. The lowest BCUT2D eigenvalue weighted by molar-refractivity contribution is 0.216. The van der Waals surface area contributed by atoms with Gasteiger partial charge in [-0.15, -0.1) is 0 Å².